The highest BCUT2D eigenvalue weighted by atomic mass is 16.2. The monoisotopic (exact) mass is 208 g/mol. The summed E-state index contributed by atoms with van der Waals surface area (Å²) in [7, 11) is 0. The summed E-state index contributed by atoms with van der Waals surface area (Å²) in [6, 6.07) is 0.565. The maximum absolute atomic E-state index is 12.4. The highest BCUT2D eigenvalue weighted by molar-refractivity contribution is 5.89. The number of hydrogen-bond acceptors (Lipinski definition) is 2. The maximum atomic E-state index is 12.4. The SMILES string of the molecule is CCC1NC2(CCCC2)C(=O)N1C1CC1. The Hall–Kier alpha value is -0.570. The number of hydrogen-bond donors (Lipinski definition) is 1. The molecule has 1 aliphatic heterocycles. The average molecular weight is 208 g/mol. The summed E-state index contributed by atoms with van der Waals surface area (Å²) in [5.74, 6) is 0.411. The van der Waals surface area contributed by atoms with Crippen LogP contribution in [0.3, 0.4) is 0 Å². The molecule has 1 unspecified atom stereocenters. The van der Waals surface area contributed by atoms with Crippen LogP contribution in [0.4, 0.5) is 0 Å². The molecule has 84 valence electrons. The number of rotatable bonds is 2. The molecule has 1 saturated heterocycles. The molecule has 1 N–H and O–H groups in total. The summed E-state index contributed by atoms with van der Waals surface area (Å²) >= 11 is 0. The molecular weight excluding hydrogens is 188 g/mol. The first-order valence-corrected chi connectivity index (χ1v) is 6.37. The number of carbonyl (C=O) groups excluding carboxylic acids is 1. The van der Waals surface area contributed by atoms with Crippen molar-refractivity contribution in [2.75, 3.05) is 0 Å². The summed E-state index contributed by atoms with van der Waals surface area (Å²) < 4.78 is 0. The zero-order valence-corrected chi connectivity index (χ0v) is 9.46. The van der Waals surface area contributed by atoms with E-state index in [1.807, 2.05) is 0 Å². The van der Waals surface area contributed by atoms with E-state index in [0.29, 0.717) is 18.1 Å². The summed E-state index contributed by atoms with van der Waals surface area (Å²) in [4.78, 5) is 14.6. The molecule has 15 heavy (non-hydrogen) atoms. The second-order valence-electron chi connectivity index (χ2n) is 5.30. The van der Waals surface area contributed by atoms with Gasteiger partial charge in [0.05, 0.1) is 11.7 Å². The van der Waals surface area contributed by atoms with E-state index in [4.69, 9.17) is 0 Å². The number of amides is 1. The minimum atomic E-state index is -0.150. The van der Waals surface area contributed by atoms with Crippen LogP contribution >= 0.6 is 0 Å². The van der Waals surface area contributed by atoms with Crippen LogP contribution in [-0.4, -0.2) is 28.6 Å². The van der Waals surface area contributed by atoms with Gasteiger partial charge in [-0.3, -0.25) is 10.1 Å². The van der Waals surface area contributed by atoms with E-state index in [1.54, 1.807) is 0 Å². The molecule has 3 fully saturated rings. The highest BCUT2D eigenvalue weighted by Gasteiger charge is 2.54. The molecule has 1 heterocycles. The van der Waals surface area contributed by atoms with Gasteiger partial charge in [0.1, 0.15) is 0 Å². The van der Waals surface area contributed by atoms with Gasteiger partial charge in [-0.25, -0.2) is 0 Å². The zero-order chi connectivity index (χ0) is 10.5. The lowest BCUT2D eigenvalue weighted by Gasteiger charge is -2.22. The maximum Gasteiger partial charge on any atom is 0.244 e. The highest BCUT2D eigenvalue weighted by Crippen LogP contribution is 2.41. The van der Waals surface area contributed by atoms with Crippen molar-refractivity contribution >= 4 is 5.91 Å². The van der Waals surface area contributed by atoms with Gasteiger partial charge in [-0.15, -0.1) is 0 Å². The quantitative estimate of drug-likeness (QED) is 0.748. The fraction of sp³-hybridized carbons (Fsp3) is 0.917. The van der Waals surface area contributed by atoms with Gasteiger partial charge in [0, 0.05) is 6.04 Å². The largest absolute Gasteiger partial charge is 0.323 e. The molecule has 1 amide bonds. The van der Waals surface area contributed by atoms with Crippen LogP contribution in [-0.2, 0) is 4.79 Å². The third kappa shape index (κ3) is 1.32. The van der Waals surface area contributed by atoms with Crippen molar-refractivity contribution in [3.8, 4) is 0 Å². The van der Waals surface area contributed by atoms with Crippen molar-refractivity contribution in [3.05, 3.63) is 0 Å². The molecule has 3 heteroatoms. The predicted octanol–water partition coefficient (Wildman–Crippen LogP) is 1.63. The van der Waals surface area contributed by atoms with E-state index < -0.39 is 0 Å². The Labute approximate surface area is 91.2 Å². The van der Waals surface area contributed by atoms with Crippen LogP contribution in [0.1, 0.15) is 51.9 Å². The lowest BCUT2D eigenvalue weighted by molar-refractivity contribution is -0.133. The Bertz CT molecular complexity index is 279. The fourth-order valence-corrected chi connectivity index (χ4v) is 3.25. The first kappa shape index (κ1) is 9.64. The molecule has 3 aliphatic rings. The average Bonchev–Trinajstić information content (AvgIpc) is 2.89. The van der Waals surface area contributed by atoms with E-state index in [-0.39, 0.29) is 5.54 Å². The van der Waals surface area contributed by atoms with Gasteiger partial charge in [0.25, 0.3) is 0 Å². The van der Waals surface area contributed by atoms with Crippen LogP contribution in [0.2, 0.25) is 0 Å². The van der Waals surface area contributed by atoms with Crippen LogP contribution in [0.25, 0.3) is 0 Å². The molecule has 0 aromatic rings. The zero-order valence-electron chi connectivity index (χ0n) is 9.46. The lowest BCUT2D eigenvalue weighted by atomic mass is 9.98. The van der Waals surface area contributed by atoms with Crippen molar-refractivity contribution in [1.82, 2.24) is 10.2 Å². The first-order chi connectivity index (χ1) is 7.27. The van der Waals surface area contributed by atoms with E-state index in [1.165, 1.54) is 25.7 Å². The third-order valence-electron chi connectivity index (χ3n) is 4.21. The summed E-state index contributed by atoms with van der Waals surface area (Å²) in [6.07, 6.45) is 8.37. The molecule has 0 aromatic carbocycles. The Kier molecular flexibility index (Phi) is 2.06. The first-order valence-electron chi connectivity index (χ1n) is 6.37. The smallest absolute Gasteiger partial charge is 0.244 e. The summed E-state index contributed by atoms with van der Waals surface area (Å²) in [5, 5.41) is 3.61. The van der Waals surface area contributed by atoms with Crippen LogP contribution in [0.5, 0.6) is 0 Å². The fourth-order valence-electron chi connectivity index (χ4n) is 3.25. The molecule has 3 rings (SSSR count). The van der Waals surface area contributed by atoms with Gasteiger partial charge in [0.15, 0.2) is 0 Å². The Balaban J connectivity index is 1.86. The van der Waals surface area contributed by atoms with Gasteiger partial charge < -0.3 is 4.90 Å². The molecule has 0 bridgehead atoms. The second kappa shape index (κ2) is 3.21. The predicted molar refractivity (Wildman–Crippen MR) is 58.3 cm³/mol. The van der Waals surface area contributed by atoms with Crippen molar-refractivity contribution in [2.24, 2.45) is 0 Å². The number of carbonyl (C=O) groups is 1. The summed E-state index contributed by atoms with van der Waals surface area (Å²) in [6.45, 7) is 2.17. The van der Waals surface area contributed by atoms with Gasteiger partial charge >= 0.3 is 0 Å². The molecule has 1 spiro atoms. The molecule has 0 radical (unpaired) electrons. The molecule has 1 atom stereocenters. The normalized spacial score (nSPS) is 34.3. The van der Waals surface area contributed by atoms with Gasteiger partial charge in [-0.1, -0.05) is 19.8 Å². The van der Waals surface area contributed by atoms with E-state index in [0.717, 1.165) is 19.3 Å². The van der Waals surface area contributed by atoms with Crippen molar-refractivity contribution < 1.29 is 4.79 Å². The second-order valence-corrected chi connectivity index (χ2v) is 5.30. The molecule has 2 saturated carbocycles. The Morgan fingerprint density at radius 2 is 2.07 bits per heavy atom. The third-order valence-corrected chi connectivity index (χ3v) is 4.21. The Morgan fingerprint density at radius 1 is 1.40 bits per heavy atom. The van der Waals surface area contributed by atoms with Crippen LogP contribution < -0.4 is 5.32 Å². The van der Waals surface area contributed by atoms with E-state index in [9.17, 15) is 4.79 Å². The molecule has 0 aromatic heterocycles. The van der Waals surface area contributed by atoms with Crippen LogP contribution in [0.15, 0.2) is 0 Å². The van der Waals surface area contributed by atoms with Crippen molar-refractivity contribution in [2.45, 2.75) is 69.6 Å². The van der Waals surface area contributed by atoms with Gasteiger partial charge in [-0.2, -0.15) is 0 Å². The van der Waals surface area contributed by atoms with Crippen LogP contribution in [0, 0.1) is 0 Å². The van der Waals surface area contributed by atoms with E-state index in [2.05, 4.69) is 17.1 Å². The van der Waals surface area contributed by atoms with E-state index >= 15 is 0 Å². The van der Waals surface area contributed by atoms with Crippen molar-refractivity contribution in [1.29, 1.82) is 0 Å². The standard InChI is InChI=1S/C12H20N2O/c1-2-10-13-12(7-3-4-8-12)11(15)14(10)9-5-6-9/h9-10,13H,2-8H2,1H3. The van der Waals surface area contributed by atoms with Gasteiger partial charge in [0.2, 0.25) is 5.91 Å². The number of nitrogens with one attached hydrogen (secondary N) is 1. The minimum Gasteiger partial charge on any atom is -0.323 e. The summed E-state index contributed by atoms with van der Waals surface area (Å²) in [5.41, 5.74) is -0.150. The molecular formula is C12H20N2O. The lowest BCUT2D eigenvalue weighted by Crippen LogP contribution is -2.44. The molecule has 3 nitrogen and oxygen atoms in total. The minimum absolute atomic E-state index is 0.150. The topological polar surface area (TPSA) is 32.3 Å². The Morgan fingerprint density at radius 3 is 2.60 bits per heavy atom. The molecule has 2 aliphatic carbocycles. The van der Waals surface area contributed by atoms with Gasteiger partial charge in [-0.05, 0) is 32.1 Å². The number of nitrogens with zero attached hydrogens (tertiary/aromatic N) is 1. The van der Waals surface area contributed by atoms with Crippen molar-refractivity contribution in [3.63, 3.8) is 0 Å².